The Morgan fingerprint density at radius 1 is 1.31 bits per heavy atom. The molecule has 0 aliphatic carbocycles. The summed E-state index contributed by atoms with van der Waals surface area (Å²) in [4.78, 5) is 7.27. The SMILES string of the molecule is CCOc1ccc(-c2[nH]c(C)nc2N)cc1. The van der Waals surface area contributed by atoms with Crippen LogP contribution < -0.4 is 10.5 Å². The van der Waals surface area contributed by atoms with E-state index < -0.39 is 0 Å². The van der Waals surface area contributed by atoms with E-state index in [1.54, 1.807) is 0 Å². The molecule has 0 saturated heterocycles. The predicted octanol–water partition coefficient (Wildman–Crippen LogP) is 2.37. The van der Waals surface area contributed by atoms with Crippen molar-refractivity contribution in [1.29, 1.82) is 0 Å². The molecule has 0 radical (unpaired) electrons. The van der Waals surface area contributed by atoms with Crippen LogP contribution in [-0.4, -0.2) is 16.6 Å². The normalized spacial score (nSPS) is 10.4. The maximum Gasteiger partial charge on any atom is 0.149 e. The molecule has 4 heteroatoms. The minimum atomic E-state index is 0.529. The Morgan fingerprint density at radius 3 is 2.50 bits per heavy atom. The van der Waals surface area contributed by atoms with Gasteiger partial charge in [-0.1, -0.05) is 0 Å². The van der Waals surface area contributed by atoms with Crippen LogP contribution in [0.25, 0.3) is 11.3 Å². The minimum absolute atomic E-state index is 0.529. The molecular formula is C12H15N3O. The number of nitrogen functional groups attached to an aromatic ring is 1. The number of hydrogen-bond donors (Lipinski definition) is 2. The molecule has 0 saturated carbocycles. The summed E-state index contributed by atoms with van der Waals surface area (Å²) < 4.78 is 5.38. The maximum absolute atomic E-state index is 5.80. The number of H-pyrrole nitrogens is 1. The highest BCUT2D eigenvalue weighted by atomic mass is 16.5. The lowest BCUT2D eigenvalue weighted by Crippen LogP contribution is -1.91. The van der Waals surface area contributed by atoms with Crippen LogP contribution >= 0.6 is 0 Å². The summed E-state index contributed by atoms with van der Waals surface area (Å²) in [5.74, 6) is 2.21. The molecule has 4 nitrogen and oxygen atoms in total. The summed E-state index contributed by atoms with van der Waals surface area (Å²) in [6.07, 6.45) is 0. The number of aromatic amines is 1. The number of aromatic nitrogens is 2. The number of benzene rings is 1. The second-order valence-electron chi connectivity index (χ2n) is 3.54. The van der Waals surface area contributed by atoms with Gasteiger partial charge in [-0.2, -0.15) is 0 Å². The molecule has 1 heterocycles. The van der Waals surface area contributed by atoms with Crippen LogP contribution in [0, 0.1) is 6.92 Å². The van der Waals surface area contributed by atoms with Gasteiger partial charge in [-0.05, 0) is 38.1 Å². The van der Waals surface area contributed by atoms with Crippen LogP contribution in [0.2, 0.25) is 0 Å². The largest absolute Gasteiger partial charge is 0.494 e. The number of nitrogens with one attached hydrogen (secondary N) is 1. The van der Waals surface area contributed by atoms with E-state index in [0.29, 0.717) is 12.4 Å². The number of nitrogens with zero attached hydrogens (tertiary/aromatic N) is 1. The molecule has 1 aromatic carbocycles. The molecule has 3 N–H and O–H groups in total. The fourth-order valence-corrected chi connectivity index (χ4v) is 1.61. The van der Waals surface area contributed by atoms with Gasteiger partial charge in [-0.25, -0.2) is 4.98 Å². The zero-order valence-electron chi connectivity index (χ0n) is 9.45. The van der Waals surface area contributed by atoms with Crippen molar-refractivity contribution in [2.24, 2.45) is 0 Å². The lowest BCUT2D eigenvalue weighted by atomic mass is 10.1. The first-order chi connectivity index (χ1) is 7.70. The zero-order valence-corrected chi connectivity index (χ0v) is 9.45. The number of imidazole rings is 1. The van der Waals surface area contributed by atoms with Crippen molar-refractivity contribution in [3.63, 3.8) is 0 Å². The Morgan fingerprint density at radius 2 is 2.00 bits per heavy atom. The van der Waals surface area contributed by atoms with Crippen LogP contribution in [-0.2, 0) is 0 Å². The minimum Gasteiger partial charge on any atom is -0.494 e. The summed E-state index contributed by atoms with van der Waals surface area (Å²) in [5.41, 5.74) is 7.67. The summed E-state index contributed by atoms with van der Waals surface area (Å²) >= 11 is 0. The van der Waals surface area contributed by atoms with Gasteiger partial charge in [-0.15, -0.1) is 0 Å². The number of hydrogen-bond acceptors (Lipinski definition) is 3. The van der Waals surface area contributed by atoms with Crippen LogP contribution in [0.15, 0.2) is 24.3 Å². The van der Waals surface area contributed by atoms with Crippen molar-refractivity contribution < 1.29 is 4.74 Å². The van der Waals surface area contributed by atoms with Crippen molar-refractivity contribution >= 4 is 5.82 Å². The first-order valence-electron chi connectivity index (χ1n) is 5.26. The summed E-state index contributed by atoms with van der Waals surface area (Å²) in [6, 6.07) is 7.78. The molecule has 0 unspecified atom stereocenters. The maximum atomic E-state index is 5.80. The number of rotatable bonds is 3. The van der Waals surface area contributed by atoms with Crippen LogP contribution in [0.1, 0.15) is 12.7 Å². The highest BCUT2D eigenvalue weighted by Gasteiger charge is 2.06. The fraction of sp³-hybridized carbons (Fsp3) is 0.250. The van der Waals surface area contributed by atoms with E-state index in [2.05, 4.69) is 9.97 Å². The number of nitrogens with two attached hydrogens (primary N) is 1. The first-order valence-corrected chi connectivity index (χ1v) is 5.26. The molecule has 2 rings (SSSR count). The molecule has 0 fully saturated rings. The average molecular weight is 217 g/mol. The second-order valence-corrected chi connectivity index (χ2v) is 3.54. The number of ether oxygens (including phenoxy) is 1. The molecule has 1 aromatic heterocycles. The van der Waals surface area contributed by atoms with Gasteiger partial charge in [0, 0.05) is 5.56 Å². The van der Waals surface area contributed by atoms with Crippen molar-refractivity contribution in [3.05, 3.63) is 30.1 Å². The quantitative estimate of drug-likeness (QED) is 0.829. The van der Waals surface area contributed by atoms with E-state index in [9.17, 15) is 0 Å². The second kappa shape index (κ2) is 4.26. The van der Waals surface area contributed by atoms with E-state index >= 15 is 0 Å². The highest BCUT2D eigenvalue weighted by Crippen LogP contribution is 2.25. The van der Waals surface area contributed by atoms with Gasteiger partial charge < -0.3 is 15.5 Å². The zero-order chi connectivity index (χ0) is 11.5. The summed E-state index contributed by atoms with van der Waals surface area (Å²) in [5, 5.41) is 0. The monoisotopic (exact) mass is 217 g/mol. The molecule has 0 aliphatic heterocycles. The summed E-state index contributed by atoms with van der Waals surface area (Å²) in [6.45, 7) is 4.52. The van der Waals surface area contributed by atoms with Gasteiger partial charge >= 0.3 is 0 Å². The smallest absolute Gasteiger partial charge is 0.149 e. The van der Waals surface area contributed by atoms with Crippen molar-refractivity contribution in [2.75, 3.05) is 12.3 Å². The van der Waals surface area contributed by atoms with E-state index in [1.807, 2.05) is 38.1 Å². The van der Waals surface area contributed by atoms with Gasteiger partial charge in [0.05, 0.1) is 12.3 Å². The fourth-order valence-electron chi connectivity index (χ4n) is 1.61. The lowest BCUT2D eigenvalue weighted by Gasteiger charge is -2.04. The van der Waals surface area contributed by atoms with Crippen molar-refractivity contribution in [1.82, 2.24) is 9.97 Å². The summed E-state index contributed by atoms with van der Waals surface area (Å²) in [7, 11) is 0. The van der Waals surface area contributed by atoms with Crippen LogP contribution in [0.5, 0.6) is 5.75 Å². The Hall–Kier alpha value is -1.97. The molecule has 2 aromatic rings. The van der Waals surface area contributed by atoms with E-state index in [1.165, 1.54) is 0 Å². The average Bonchev–Trinajstić information content (AvgIpc) is 2.59. The Labute approximate surface area is 94.5 Å². The molecule has 0 amide bonds. The Kier molecular flexibility index (Phi) is 2.81. The Bertz CT molecular complexity index is 474. The molecule has 0 aliphatic rings. The molecule has 0 bridgehead atoms. The number of aryl methyl sites for hydroxylation is 1. The highest BCUT2D eigenvalue weighted by molar-refractivity contribution is 5.70. The Balaban J connectivity index is 2.31. The van der Waals surface area contributed by atoms with E-state index in [0.717, 1.165) is 22.8 Å². The molecule has 0 atom stereocenters. The van der Waals surface area contributed by atoms with Gasteiger partial charge in [-0.3, -0.25) is 0 Å². The van der Waals surface area contributed by atoms with Crippen LogP contribution in [0.3, 0.4) is 0 Å². The van der Waals surface area contributed by atoms with Crippen LogP contribution in [0.4, 0.5) is 5.82 Å². The van der Waals surface area contributed by atoms with Crippen molar-refractivity contribution in [3.8, 4) is 17.0 Å². The molecular weight excluding hydrogens is 202 g/mol. The standard InChI is InChI=1S/C12H15N3O/c1-3-16-10-6-4-9(5-7-10)11-12(13)15-8(2)14-11/h4-7H,3,13H2,1-2H3,(H,14,15). The molecule has 16 heavy (non-hydrogen) atoms. The molecule has 0 spiro atoms. The van der Waals surface area contributed by atoms with Crippen molar-refractivity contribution in [2.45, 2.75) is 13.8 Å². The predicted molar refractivity (Wildman–Crippen MR) is 64.3 cm³/mol. The van der Waals surface area contributed by atoms with Gasteiger partial charge in [0.2, 0.25) is 0 Å². The van der Waals surface area contributed by atoms with E-state index in [-0.39, 0.29) is 0 Å². The molecule has 84 valence electrons. The first kappa shape index (κ1) is 10.5. The van der Waals surface area contributed by atoms with E-state index in [4.69, 9.17) is 10.5 Å². The third kappa shape index (κ3) is 2.00. The van der Waals surface area contributed by atoms with Gasteiger partial charge in [0.25, 0.3) is 0 Å². The lowest BCUT2D eigenvalue weighted by molar-refractivity contribution is 0.340. The third-order valence-electron chi connectivity index (χ3n) is 2.30. The van der Waals surface area contributed by atoms with Gasteiger partial charge in [0.1, 0.15) is 17.4 Å². The topological polar surface area (TPSA) is 63.9 Å². The van der Waals surface area contributed by atoms with Gasteiger partial charge in [0.15, 0.2) is 0 Å². The third-order valence-corrected chi connectivity index (χ3v) is 2.30. The number of anilines is 1.